The third-order valence-electron chi connectivity index (χ3n) is 15.3. The summed E-state index contributed by atoms with van der Waals surface area (Å²) in [7, 11) is 6.64. The lowest BCUT2D eigenvalue weighted by Crippen LogP contribution is -2.35. The van der Waals surface area contributed by atoms with Crippen molar-refractivity contribution in [1.82, 2.24) is 32.1 Å². The summed E-state index contributed by atoms with van der Waals surface area (Å²) in [4.78, 5) is 70.7. The Morgan fingerprint density at radius 3 is 0.701 bits per heavy atom. The Morgan fingerprint density at radius 1 is 0.328 bits per heavy atom. The molecule has 0 aromatic heterocycles. The fraction of sp³-hybridized carbons (Fsp3) is 0.889. The van der Waals surface area contributed by atoms with Crippen molar-refractivity contribution >= 4 is 35.4 Å². The van der Waals surface area contributed by atoms with Gasteiger partial charge in [0.2, 0.25) is 35.4 Å². The second-order valence-corrected chi connectivity index (χ2v) is 21.7. The molecule has 0 aliphatic heterocycles. The van der Waals surface area contributed by atoms with Crippen LogP contribution in [-0.2, 0) is 33.6 Å². The van der Waals surface area contributed by atoms with E-state index in [4.69, 9.17) is 0 Å². The molecule has 6 saturated carbocycles. The predicted molar refractivity (Wildman–Crippen MR) is 272 cm³/mol. The zero-order valence-electron chi connectivity index (χ0n) is 44.8. The summed E-state index contributed by atoms with van der Waals surface area (Å²) < 4.78 is 0. The average Bonchev–Trinajstić information content (AvgIpc) is 3.31. The SMILES string of the molecule is CC(=O)NC1CCC(C)CC1.CC(=O)NC1CCC(C)CC1.CNC(=O)C1CCC(C)CC1.CNC(=O)C1CCC(C)CC1.CNC(=O)C1CCC(C)CC1.CONC(=O)C1CCC(C)CC1. The number of hydroxylamine groups is 1. The van der Waals surface area contributed by atoms with Crippen LogP contribution >= 0.6 is 0 Å². The maximum Gasteiger partial charge on any atom is 0.246 e. The Bertz CT molecular complexity index is 1250. The fourth-order valence-corrected chi connectivity index (χ4v) is 10.3. The standard InChI is InChI=1S/C9H17NO2.5C9H17NO/c1-7-3-5-8(6-4-7)9(11)10-12-2;3*1-7-3-5-8(6-4-7)9(11)10-2;2*1-7-3-5-9(6-4-7)10-8(2)11/h7-8H,3-6H2,1-2H3,(H,10,11);3*7-8H,3-6H2,1-2H3,(H,10,11);2*7,9H,3-6H2,1-2H3,(H,10,11). The van der Waals surface area contributed by atoms with Gasteiger partial charge in [0.1, 0.15) is 0 Å². The highest BCUT2D eigenvalue weighted by Gasteiger charge is 2.26. The van der Waals surface area contributed by atoms with Crippen LogP contribution in [0.2, 0.25) is 0 Å². The number of amides is 6. The van der Waals surface area contributed by atoms with Gasteiger partial charge < -0.3 is 26.6 Å². The summed E-state index contributed by atoms with van der Waals surface area (Å²) in [6, 6.07) is 0.924. The molecular formula is C54H102N6O7. The molecule has 0 aromatic rings. The Hall–Kier alpha value is -3.22. The van der Waals surface area contributed by atoms with Gasteiger partial charge in [-0.2, -0.15) is 0 Å². The first-order chi connectivity index (χ1) is 31.8. The zero-order valence-corrected chi connectivity index (χ0v) is 44.8. The number of carbonyl (C=O) groups is 6. The molecule has 0 spiro atoms. The number of carbonyl (C=O) groups excluding carboxylic acids is 6. The van der Waals surface area contributed by atoms with Crippen molar-refractivity contribution in [2.75, 3.05) is 28.3 Å². The van der Waals surface area contributed by atoms with E-state index >= 15 is 0 Å². The normalized spacial score (nSPS) is 31.2. The van der Waals surface area contributed by atoms with E-state index < -0.39 is 0 Å². The molecular weight excluding hydrogens is 845 g/mol. The minimum absolute atomic E-state index is 0.0457. The number of nitrogens with one attached hydrogen (secondary N) is 6. The molecule has 6 N–H and O–H groups in total. The molecule has 0 bridgehead atoms. The molecule has 0 saturated heterocycles. The predicted octanol–water partition coefficient (Wildman–Crippen LogP) is 9.57. The summed E-state index contributed by atoms with van der Waals surface area (Å²) in [5, 5.41) is 14.1. The molecule has 0 aromatic carbocycles. The van der Waals surface area contributed by atoms with Gasteiger partial charge in [0.25, 0.3) is 0 Å². The summed E-state index contributed by atoms with van der Waals surface area (Å²) in [6.07, 6.45) is 27.9. The molecule has 0 heterocycles. The van der Waals surface area contributed by atoms with Gasteiger partial charge in [-0.3, -0.25) is 33.6 Å². The van der Waals surface area contributed by atoms with Crippen LogP contribution in [0.15, 0.2) is 0 Å². The molecule has 0 atom stereocenters. The van der Waals surface area contributed by atoms with Crippen molar-refractivity contribution in [3.8, 4) is 0 Å². The molecule has 6 rings (SSSR count). The lowest BCUT2D eigenvalue weighted by atomic mass is 9.83. The van der Waals surface area contributed by atoms with Gasteiger partial charge in [-0.1, -0.05) is 41.5 Å². The first-order valence-corrected chi connectivity index (χ1v) is 26.8. The van der Waals surface area contributed by atoms with Gasteiger partial charge in [-0.15, -0.1) is 0 Å². The molecule has 6 amide bonds. The van der Waals surface area contributed by atoms with Gasteiger partial charge in [0.05, 0.1) is 7.11 Å². The Morgan fingerprint density at radius 2 is 0.522 bits per heavy atom. The highest BCUT2D eigenvalue weighted by atomic mass is 16.6. The van der Waals surface area contributed by atoms with E-state index in [1.54, 1.807) is 35.0 Å². The minimum Gasteiger partial charge on any atom is -0.359 e. The maximum absolute atomic E-state index is 11.3. The lowest BCUT2D eigenvalue weighted by Gasteiger charge is -2.26. The molecule has 6 aliphatic carbocycles. The van der Waals surface area contributed by atoms with Crippen LogP contribution in [0.4, 0.5) is 0 Å². The molecule has 0 radical (unpaired) electrons. The summed E-state index contributed by atoms with van der Waals surface area (Å²) >= 11 is 0. The highest BCUT2D eigenvalue weighted by Crippen LogP contribution is 2.31. The zero-order chi connectivity index (χ0) is 50.3. The van der Waals surface area contributed by atoms with E-state index in [0.717, 1.165) is 86.9 Å². The second kappa shape index (κ2) is 35.8. The Balaban J connectivity index is 0.000000402. The molecule has 13 heteroatoms. The highest BCUT2D eigenvalue weighted by molar-refractivity contribution is 5.79. The van der Waals surface area contributed by atoms with Crippen LogP contribution in [0.1, 0.15) is 209 Å². The molecule has 6 fully saturated rings. The third kappa shape index (κ3) is 28.8. The number of rotatable bonds is 7. The molecule has 67 heavy (non-hydrogen) atoms. The van der Waals surface area contributed by atoms with E-state index in [1.165, 1.54) is 110 Å². The summed E-state index contributed by atoms with van der Waals surface area (Å²) in [6.45, 7) is 16.8. The van der Waals surface area contributed by atoms with Crippen molar-refractivity contribution < 1.29 is 33.6 Å². The van der Waals surface area contributed by atoms with E-state index in [-0.39, 0.29) is 41.4 Å². The van der Waals surface area contributed by atoms with Crippen LogP contribution in [0.25, 0.3) is 0 Å². The van der Waals surface area contributed by atoms with Gasteiger partial charge in [0.15, 0.2) is 0 Å². The topological polar surface area (TPSA) is 184 Å². The molecule has 390 valence electrons. The van der Waals surface area contributed by atoms with Crippen LogP contribution < -0.4 is 32.1 Å². The van der Waals surface area contributed by atoms with Crippen LogP contribution in [0.5, 0.6) is 0 Å². The third-order valence-corrected chi connectivity index (χ3v) is 15.3. The first-order valence-electron chi connectivity index (χ1n) is 26.8. The van der Waals surface area contributed by atoms with Crippen LogP contribution in [-0.4, -0.2) is 75.8 Å². The number of hydrogen-bond donors (Lipinski definition) is 6. The van der Waals surface area contributed by atoms with Gasteiger partial charge in [0, 0.05) is 70.7 Å². The largest absolute Gasteiger partial charge is 0.359 e. The van der Waals surface area contributed by atoms with E-state index in [2.05, 4.69) is 78.4 Å². The Labute approximate surface area is 408 Å². The Kier molecular flexibility index (Phi) is 33.0. The average molecular weight is 947 g/mol. The van der Waals surface area contributed by atoms with Crippen LogP contribution in [0.3, 0.4) is 0 Å². The minimum atomic E-state index is 0.0457. The molecule has 0 unspecified atom stereocenters. The summed E-state index contributed by atoms with van der Waals surface area (Å²) in [5.74, 6) is 7.06. The second-order valence-electron chi connectivity index (χ2n) is 21.7. The van der Waals surface area contributed by atoms with Gasteiger partial charge in [-0.05, 0) is 190 Å². The number of hydrogen-bond acceptors (Lipinski definition) is 7. The smallest absolute Gasteiger partial charge is 0.246 e. The lowest BCUT2D eigenvalue weighted by molar-refractivity contribution is -0.136. The summed E-state index contributed by atoms with van der Waals surface area (Å²) in [5.41, 5.74) is 2.39. The van der Waals surface area contributed by atoms with Crippen molar-refractivity contribution in [2.45, 2.75) is 222 Å². The van der Waals surface area contributed by atoms with Crippen LogP contribution in [0, 0.1) is 59.2 Å². The fourth-order valence-electron chi connectivity index (χ4n) is 10.3. The quantitative estimate of drug-likeness (QED) is 0.137. The van der Waals surface area contributed by atoms with Crippen molar-refractivity contribution in [2.24, 2.45) is 59.2 Å². The van der Waals surface area contributed by atoms with Gasteiger partial charge in [-0.25, -0.2) is 5.48 Å². The van der Waals surface area contributed by atoms with E-state index in [0.29, 0.717) is 29.8 Å². The monoisotopic (exact) mass is 947 g/mol. The molecule has 13 nitrogen and oxygen atoms in total. The van der Waals surface area contributed by atoms with E-state index in [9.17, 15) is 28.8 Å². The first kappa shape index (κ1) is 61.8. The molecule has 6 aliphatic rings. The maximum atomic E-state index is 11.3. The van der Waals surface area contributed by atoms with Crippen molar-refractivity contribution in [1.29, 1.82) is 0 Å². The van der Waals surface area contributed by atoms with Crippen molar-refractivity contribution in [3.05, 3.63) is 0 Å². The van der Waals surface area contributed by atoms with Crippen molar-refractivity contribution in [3.63, 3.8) is 0 Å². The van der Waals surface area contributed by atoms with Gasteiger partial charge >= 0.3 is 0 Å². The van der Waals surface area contributed by atoms with E-state index in [1.807, 2.05) is 0 Å².